The number of rotatable bonds is 2. The fourth-order valence-corrected chi connectivity index (χ4v) is 3.51. The van der Waals surface area contributed by atoms with Gasteiger partial charge in [-0.2, -0.15) is 5.10 Å². The number of carbonyl (C=O) groups excluding carboxylic acids is 1. The van der Waals surface area contributed by atoms with E-state index in [0.717, 1.165) is 16.5 Å². The molecule has 0 aliphatic rings. The van der Waals surface area contributed by atoms with Gasteiger partial charge in [-0.3, -0.25) is 10.00 Å². The normalized spacial score (nSPS) is 11.7. The fraction of sp³-hybridized carbons (Fsp3) is 0.364. The number of fused-ring (bicyclic) bond motifs is 1. The van der Waals surface area contributed by atoms with Gasteiger partial charge >= 0.3 is 6.09 Å². The number of amides is 1. The van der Waals surface area contributed by atoms with Crippen LogP contribution in [-0.4, -0.2) is 28.9 Å². The lowest BCUT2D eigenvalue weighted by Crippen LogP contribution is -2.34. The molecule has 1 aromatic heterocycles. The molecule has 1 N–H and O–H groups in total. The first-order valence-corrected chi connectivity index (χ1v) is 9.10. The molecule has 3 rings (SSSR count). The quantitative estimate of drug-likeness (QED) is 0.650. The maximum absolute atomic E-state index is 12.5. The Kier molecular flexibility index (Phi) is 4.72. The average Bonchev–Trinajstić information content (AvgIpc) is 2.96. The van der Waals surface area contributed by atoms with E-state index >= 15 is 0 Å². The van der Waals surface area contributed by atoms with Crippen LogP contribution in [0, 0.1) is 20.8 Å². The van der Waals surface area contributed by atoms with Gasteiger partial charge in [0.2, 0.25) is 0 Å². The number of nitrogens with one attached hydrogen (secondary N) is 1. The topological polar surface area (TPSA) is 58.2 Å². The Balaban J connectivity index is 2.10. The smallest absolute Gasteiger partial charge is 0.415 e. The van der Waals surface area contributed by atoms with Crippen molar-refractivity contribution in [1.82, 2.24) is 10.2 Å². The van der Waals surface area contributed by atoms with Crippen molar-refractivity contribution in [1.29, 1.82) is 0 Å². The van der Waals surface area contributed by atoms with E-state index in [0.29, 0.717) is 5.82 Å². The number of aryl methyl sites for hydroxylation is 3. The molecular formula is C22H27N3O2. The van der Waals surface area contributed by atoms with Gasteiger partial charge in [0.05, 0.1) is 0 Å². The Hall–Kier alpha value is -2.82. The molecule has 0 aliphatic carbocycles. The van der Waals surface area contributed by atoms with Gasteiger partial charge in [-0.15, -0.1) is 0 Å². The first-order valence-electron chi connectivity index (χ1n) is 9.10. The van der Waals surface area contributed by atoms with Gasteiger partial charge in [0.25, 0.3) is 0 Å². The molecule has 0 unspecified atom stereocenters. The highest BCUT2D eigenvalue weighted by atomic mass is 16.6. The summed E-state index contributed by atoms with van der Waals surface area (Å²) < 4.78 is 5.48. The Morgan fingerprint density at radius 2 is 1.74 bits per heavy atom. The van der Waals surface area contributed by atoms with Crippen LogP contribution in [0.1, 0.15) is 37.5 Å². The Labute approximate surface area is 160 Å². The van der Waals surface area contributed by atoms with Gasteiger partial charge in [-0.1, -0.05) is 29.8 Å². The molecule has 1 heterocycles. The standard InChI is InChI=1S/C22H27N3O2/c1-13-11-14(2)18(15(3)12-13)16-9-8-10-17-19(16)23-24-20(17)25(7)21(26)27-22(4,5)6/h8-12H,1-7H3,(H,23,24). The highest BCUT2D eigenvalue weighted by Crippen LogP contribution is 2.36. The minimum atomic E-state index is -0.553. The summed E-state index contributed by atoms with van der Waals surface area (Å²) in [6, 6.07) is 10.4. The second-order valence-corrected chi connectivity index (χ2v) is 8.09. The van der Waals surface area contributed by atoms with Crippen LogP contribution in [0.5, 0.6) is 0 Å². The zero-order chi connectivity index (χ0) is 19.9. The Morgan fingerprint density at radius 3 is 2.33 bits per heavy atom. The number of benzene rings is 2. The SMILES string of the molecule is Cc1cc(C)c(-c2cccc3c(N(C)C(=O)OC(C)(C)C)[nH]nc23)c(C)c1. The van der Waals surface area contributed by atoms with E-state index < -0.39 is 11.7 Å². The molecule has 5 nitrogen and oxygen atoms in total. The van der Waals surface area contributed by atoms with Crippen LogP contribution in [0.4, 0.5) is 10.6 Å². The van der Waals surface area contributed by atoms with Gasteiger partial charge in [-0.05, 0) is 64.3 Å². The van der Waals surface area contributed by atoms with Gasteiger partial charge in [0.1, 0.15) is 16.9 Å². The van der Waals surface area contributed by atoms with Crippen LogP contribution < -0.4 is 4.90 Å². The van der Waals surface area contributed by atoms with Crippen molar-refractivity contribution < 1.29 is 9.53 Å². The summed E-state index contributed by atoms with van der Waals surface area (Å²) in [5, 5.41) is 8.43. The number of aromatic amines is 1. The number of carbonyl (C=O) groups is 1. The summed E-state index contributed by atoms with van der Waals surface area (Å²) in [6.45, 7) is 11.9. The lowest BCUT2D eigenvalue weighted by molar-refractivity contribution is 0.0588. The predicted octanol–water partition coefficient (Wildman–Crippen LogP) is 5.53. The van der Waals surface area contributed by atoms with Crippen molar-refractivity contribution in [3.8, 4) is 11.1 Å². The molecular weight excluding hydrogens is 338 g/mol. The minimum Gasteiger partial charge on any atom is -0.443 e. The van der Waals surface area contributed by atoms with Crippen LogP contribution in [0.2, 0.25) is 0 Å². The monoisotopic (exact) mass is 365 g/mol. The summed E-state index contributed by atoms with van der Waals surface area (Å²) in [7, 11) is 1.69. The molecule has 142 valence electrons. The number of hydrogen-bond acceptors (Lipinski definition) is 3. The lowest BCUT2D eigenvalue weighted by atomic mass is 9.92. The van der Waals surface area contributed by atoms with Crippen molar-refractivity contribution in [2.24, 2.45) is 0 Å². The number of hydrogen-bond donors (Lipinski definition) is 1. The molecule has 0 saturated carbocycles. The number of para-hydroxylation sites is 1. The first-order chi connectivity index (χ1) is 12.6. The largest absolute Gasteiger partial charge is 0.443 e. The summed E-state index contributed by atoms with van der Waals surface area (Å²) in [6.07, 6.45) is -0.416. The maximum Gasteiger partial charge on any atom is 0.415 e. The average molecular weight is 365 g/mol. The predicted molar refractivity (Wildman–Crippen MR) is 110 cm³/mol. The zero-order valence-corrected chi connectivity index (χ0v) is 17.1. The van der Waals surface area contributed by atoms with E-state index in [4.69, 9.17) is 4.74 Å². The zero-order valence-electron chi connectivity index (χ0n) is 17.1. The van der Waals surface area contributed by atoms with Crippen LogP contribution >= 0.6 is 0 Å². The molecule has 0 saturated heterocycles. The highest BCUT2D eigenvalue weighted by Gasteiger charge is 2.24. The van der Waals surface area contributed by atoms with Crippen LogP contribution in [-0.2, 0) is 4.74 Å². The van der Waals surface area contributed by atoms with E-state index in [1.54, 1.807) is 7.05 Å². The van der Waals surface area contributed by atoms with Crippen LogP contribution in [0.3, 0.4) is 0 Å². The van der Waals surface area contributed by atoms with Crippen LogP contribution in [0.25, 0.3) is 22.0 Å². The van der Waals surface area contributed by atoms with Crippen LogP contribution in [0.15, 0.2) is 30.3 Å². The summed E-state index contributed by atoms with van der Waals surface area (Å²) in [5.41, 5.74) is 6.20. The third kappa shape index (κ3) is 3.68. The second-order valence-electron chi connectivity index (χ2n) is 8.09. The fourth-order valence-electron chi connectivity index (χ4n) is 3.51. The Morgan fingerprint density at radius 1 is 1.11 bits per heavy atom. The molecule has 3 aromatic rings. The molecule has 1 amide bonds. The van der Waals surface area contributed by atoms with E-state index in [9.17, 15) is 4.79 Å². The summed E-state index contributed by atoms with van der Waals surface area (Å²) >= 11 is 0. The molecule has 27 heavy (non-hydrogen) atoms. The van der Waals surface area contributed by atoms with Crippen molar-refractivity contribution in [2.75, 3.05) is 11.9 Å². The molecule has 0 radical (unpaired) electrons. The molecule has 0 atom stereocenters. The number of nitrogens with zero attached hydrogens (tertiary/aromatic N) is 2. The number of aromatic nitrogens is 2. The van der Waals surface area contributed by atoms with Crippen molar-refractivity contribution in [3.05, 3.63) is 47.0 Å². The Bertz CT molecular complexity index is 989. The van der Waals surface area contributed by atoms with Gasteiger partial charge in [-0.25, -0.2) is 4.79 Å². The third-order valence-corrected chi connectivity index (χ3v) is 4.51. The van der Waals surface area contributed by atoms with Gasteiger partial charge < -0.3 is 4.74 Å². The third-order valence-electron chi connectivity index (χ3n) is 4.51. The van der Waals surface area contributed by atoms with E-state index in [2.05, 4.69) is 49.2 Å². The lowest BCUT2D eigenvalue weighted by Gasteiger charge is -2.23. The molecule has 0 aliphatic heterocycles. The molecule has 0 fully saturated rings. The van der Waals surface area contributed by atoms with Gasteiger partial charge in [0.15, 0.2) is 0 Å². The van der Waals surface area contributed by atoms with Gasteiger partial charge in [0, 0.05) is 18.0 Å². The number of anilines is 1. The highest BCUT2D eigenvalue weighted by molar-refractivity contribution is 6.04. The molecule has 5 heteroatoms. The summed E-state index contributed by atoms with van der Waals surface area (Å²) in [4.78, 5) is 13.9. The molecule has 0 bridgehead atoms. The van der Waals surface area contributed by atoms with E-state index in [1.807, 2.05) is 32.9 Å². The van der Waals surface area contributed by atoms with Crippen molar-refractivity contribution in [3.63, 3.8) is 0 Å². The maximum atomic E-state index is 12.5. The summed E-state index contributed by atoms with van der Waals surface area (Å²) in [5.74, 6) is 0.628. The number of ether oxygens (including phenoxy) is 1. The first kappa shape index (κ1) is 19.0. The molecule has 0 spiro atoms. The molecule has 2 aromatic carbocycles. The minimum absolute atomic E-state index is 0.416. The van der Waals surface area contributed by atoms with E-state index in [1.165, 1.54) is 27.2 Å². The van der Waals surface area contributed by atoms with E-state index in [-0.39, 0.29) is 0 Å². The van der Waals surface area contributed by atoms with Crippen molar-refractivity contribution >= 4 is 22.8 Å². The van der Waals surface area contributed by atoms with Crippen molar-refractivity contribution in [2.45, 2.75) is 47.1 Å². The number of H-pyrrole nitrogens is 1. The second kappa shape index (κ2) is 6.72.